The summed E-state index contributed by atoms with van der Waals surface area (Å²) in [5, 5.41) is 8.99. The number of aliphatic hydroxyl groups excluding tert-OH is 1. The molecule has 13 heavy (non-hydrogen) atoms. The summed E-state index contributed by atoms with van der Waals surface area (Å²) in [6.07, 6.45) is 2.30. The fourth-order valence-corrected chi connectivity index (χ4v) is 1.75. The summed E-state index contributed by atoms with van der Waals surface area (Å²) in [6, 6.07) is -0.0568. The normalized spacial score (nSPS) is 24.8. The van der Waals surface area contributed by atoms with Crippen LogP contribution >= 0.6 is 0 Å². The van der Waals surface area contributed by atoms with Crippen molar-refractivity contribution < 1.29 is 9.90 Å². The van der Waals surface area contributed by atoms with Gasteiger partial charge < -0.3 is 15.7 Å². The number of aliphatic hydroxyl groups is 1. The van der Waals surface area contributed by atoms with Gasteiger partial charge in [-0.05, 0) is 19.8 Å². The van der Waals surface area contributed by atoms with Crippen molar-refractivity contribution in [3.05, 3.63) is 0 Å². The molecule has 0 aromatic rings. The molecule has 0 radical (unpaired) electrons. The van der Waals surface area contributed by atoms with Crippen LogP contribution in [0.15, 0.2) is 0 Å². The summed E-state index contributed by atoms with van der Waals surface area (Å²) >= 11 is 0. The lowest BCUT2D eigenvalue weighted by atomic mass is 10.2. The van der Waals surface area contributed by atoms with Crippen LogP contribution in [0.4, 0.5) is 0 Å². The molecule has 1 saturated heterocycles. The summed E-state index contributed by atoms with van der Waals surface area (Å²) < 4.78 is 0. The number of amides is 1. The van der Waals surface area contributed by atoms with E-state index in [0.29, 0.717) is 6.42 Å². The number of carbonyl (C=O) groups is 1. The van der Waals surface area contributed by atoms with E-state index in [0.717, 1.165) is 19.4 Å². The van der Waals surface area contributed by atoms with Gasteiger partial charge in [-0.3, -0.25) is 4.79 Å². The summed E-state index contributed by atoms with van der Waals surface area (Å²) in [7, 11) is 0. The quantitative estimate of drug-likeness (QED) is 0.636. The number of nitrogens with zero attached hydrogens (tertiary/aromatic N) is 1. The van der Waals surface area contributed by atoms with E-state index in [-0.39, 0.29) is 24.6 Å². The van der Waals surface area contributed by atoms with Crippen LogP contribution in [-0.2, 0) is 4.79 Å². The SMILES string of the molecule is CC(N)CC(=O)N1CCC[C@H]1CO. The molecule has 1 fully saturated rings. The fraction of sp³-hybridized carbons (Fsp3) is 0.889. The van der Waals surface area contributed by atoms with Crippen LogP contribution in [-0.4, -0.2) is 41.1 Å². The van der Waals surface area contributed by atoms with Crippen molar-refractivity contribution >= 4 is 5.91 Å². The molecule has 1 aliphatic heterocycles. The summed E-state index contributed by atoms with van der Waals surface area (Å²) in [4.78, 5) is 13.3. The van der Waals surface area contributed by atoms with Crippen molar-refractivity contribution in [1.29, 1.82) is 0 Å². The highest BCUT2D eigenvalue weighted by molar-refractivity contribution is 5.77. The van der Waals surface area contributed by atoms with Gasteiger partial charge >= 0.3 is 0 Å². The van der Waals surface area contributed by atoms with Crippen LogP contribution in [0.1, 0.15) is 26.2 Å². The molecule has 0 spiro atoms. The van der Waals surface area contributed by atoms with E-state index in [2.05, 4.69) is 0 Å². The molecule has 0 bridgehead atoms. The van der Waals surface area contributed by atoms with Crippen molar-refractivity contribution in [3.8, 4) is 0 Å². The molecule has 0 aromatic heterocycles. The average Bonchev–Trinajstić information content (AvgIpc) is 2.49. The van der Waals surface area contributed by atoms with Gasteiger partial charge in [0.1, 0.15) is 0 Å². The molecule has 4 heteroatoms. The van der Waals surface area contributed by atoms with Crippen molar-refractivity contribution in [2.45, 2.75) is 38.3 Å². The number of rotatable bonds is 3. The molecule has 2 atom stereocenters. The third-order valence-electron chi connectivity index (χ3n) is 2.40. The maximum absolute atomic E-state index is 11.6. The topological polar surface area (TPSA) is 66.6 Å². The van der Waals surface area contributed by atoms with Gasteiger partial charge in [-0.25, -0.2) is 0 Å². The van der Waals surface area contributed by atoms with E-state index < -0.39 is 0 Å². The van der Waals surface area contributed by atoms with Gasteiger partial charge in [-0.1, -0.05) is 0 Å². The molecule has 0 aliphatic carbocycles. The van der Waals surface area contributed by atoms with Gasteiger partial charge in [0.05, 0.1) is 12.6 Å². The van der Waals surface area contributed by atoms with Gasteiger partial charge in [-0.15, -0.1) is 0 Å². The maximum atomic E-state index is 11.6. The van der Waals surface area contributed by atoms with Gasteiger partial charge in [0.2, 0.25) is 5.91 Å². The molecule has 1 amide bonds. The van der Waals surface area contributed by atoms with E-state index in [1.807, 2.05) is 6.92 Å². The standard InChI is InChI=1S/C9H18N2O2/c1-7(10)5-9(13)11-4-2-3-8(11)6-12/h7-8,12H,2-6,10H2,1H3/t7?,8-/m0/s1. The monoisotopic (exact) mass is 186 g/mol. The number of carbonyl (C=O) groups excluding carboxylic acids is 1. The summed E-state index contributed by atoms with van der Waals surface area (Å²) in [5.74, 6) is 0.0755. The molecule has 1 unspecified atom stereocenters. The van der Waals surface area contributed by atoms with Gasteiger partial charge in [0, 0.05) is 19.0 Å². The molecular formula is C9H18N2O2. The van der Waals surface area contributed by atoms with Crippen molar-refractivity contribution in [3.63, 3.8) is 0 Å². The Morgan fingerprint density at radius 1 is 1.77 bits per heavy atom. The van der Waals surface area contributed by atoms with Crippen LogP contribution in [0, 0.1) is 0 Å². The molecule has 3 N–H and O–H groups in total. The molecule has 1 heterocycles. The maximum Gasteiger partial charge on any atom is 0.224 e. The zero-order chi connectivity index (χ0) is 9.84. The van der Waals surface area contributed by atoms with Crippen LogP contribution in [0.3, 0.4) is 0 Å². The Bertz CT molecular complexity index is 182. The van der Waals surface area contributed by atoms with Crippen LogP contribution in [0.5, 0.6) is 0 Å². The average molecular weight is 186 g/mol. The molecular weight excluding hydrogens is 168 g/mol. The fourth-order valence-electron chi connectivity index (χ4n) is 1.75. The smallest absolute Gasteiger partial charge is 0.224 e. The lowest BCUT2D eigenvalue weighted by Gasteiger charge is -2.23. The molecule has 0 aromatic carbocycles. The predicted molar refractivity (Wildman–Crippen MR) is 50.1 cm³/mol. The molecule has 0 saturated carbocycles. The van der Waals surface area contributed by atoms with Crippen molar-refractivity contribution in [1.82, 2.24) is 4.90 Å². The first-order chi connectivity index (χ1) is 6.15. The highest BCUT2D eigenvalue weighted by Crippen LogP contribution is 2.17. The Morgan fingerprint density at radius 2 is 2.46 bits per heavy atom. The Kier molecular flexibility index (Phi) is 3.69. The van der Waals surface area contributed by atoms with E-state index in [4.69, 9.17) is 10.8 Å². The Labute approximate surface area is 78.7 Å². The van der Waals surface area contributed by atoms with Crippen molar-refractivity contribution in [2.24, 2.45) is 5.73 Å². The van der Waals surface area contributed by atoms with E-state index in [1.165, 1.54) is 0 Å². The number of likely N-dealkylation sites (tertiary alicyclic amines) is 1. The molecule has 76 valence electrons. The van der Waals surface area contributed by atoms with Crippen LogP contribution < -0.4 is 5.73 Å². The summed E-state index contributed by atoms with van der Waals surface area (Å²) in [6.45, 7) is 2.67. The molecule has 4 nitrogen and oxygen atoms in total. The minimum absolute atomic E-state index is 0.0336. The lowest BCUT2D eigenvalue weighted by molar-refractivity contribution is -0.132. The Hall–Kier alpha value is -0.610. The first-order valence-electron chi connectivity index (χ1n) is 4.81. The van der Waals surface area contributed by atoms with Gasteiger partial charge in [0.25, 0.3) is 0 Å². The predicted octanol–water partition coefficient (Wildman–Crippen LogP) is -0.293. The zero-order valence-corrected chi connectivity index (χ0v) is 8.07. The largest absolute Gasteiger partial charge is 0.394 e. The summed E-state index contributed by atoms with van der Waals surface area (Å²) in [5.41, 5.74) is 5.54. The zero-order valence-electron chi connectivity index (χ0n) is 8.07. The van der Waals surface area contributed by atoms with Gasteiger partial charge in [-0.2, -0.15) is 0 Å². The van der Waals surface area contributed by atoms with E-state index in [9.17, 15) is 4.79 Å². The lowest BCUT2D eigenvalue weighted by Crippen LogP contribution is -2.39. The van der Waals surface area contributed by atoms with Crippen LogP contribution in [0.2, 0.25) is 0 Å². The van der Waals surface area contributed by atoms with E-state index in [1.54, 1.807) is 4.90 Å². The van der Waals surface area contributed by atoms with Gasteiger partial charge in [0.15, 0.2) is 0 Å². The third-order valence-corrected chi connectivity index (χ3v) is 2.40. The second kappa shape index (κ2) is 4.58. The Balaban J connectivity index is 2.45. The number of hydrogen-bond donors (Lipinski definition) is 2. The third kappa shape index (κ3) is 2.67. The molecule has 1 aliphatic rings. The first-order valence-corrected chi connectivity index (χ1v) is 4.81. The second-order valence-corrected chi connectivity index (χ2v) is 3.75. The number of nitrogens with two attached hydrogens (primary N) is 1. The van der Waals surface area contributed by atoms with Crippen molar-refractivity contribution in [2.75, 3.05) is 13.2 Å². The Morgan fingerprint density at radius 3 is 3.00 bits per heavy atom. The second-order valence-electron chi connectivity index (χ2n) is 3.75. The highest BCUT2D eigenvalue weighted by Gasteiger charge is 2.27. The molecule has 1 rings (SSSR count). The van der Waals surface area contributed by atoms with Crippen LogP contribution in [0.25, 0.3) is 0 Å². The minimum atomic E-state index is -0.0903. The minimum Gasteiger partial charge on any atom is -0.394 e. The van der Waals surface area contributed by atoms with E-state index >= 15 is 0 Å². The first kappa shape index (κ1) is 10.5. The number of hydrogen-bond acceptors (Lipinski definition) is 3. The highest BCUT2D eigenvalue weighted by atomic mass is 16.3.